The van der Waals surface area contributed by atoms with Gasteiger partial charge in [-0.25, -0.2) is 9.78 Å². The molecule has 198 valence electrons. The van der Waals surface area contributed by atoms with E-state index in [0.29, 0.717) is 24.5 Å². The molecular weight excluding hydrogens is 495 g/mol. The smallest absolute Gasteiger partial charge is 0.373 e. The Hall–Kier alpha value is -4.12. The Morgan fingerprint density at radius 2 is 1.95 bits per heavy atom. The Balaban J connectivity index is 1.60. The molecule has 8 nitrogen and oxygen atoms in total. The summed E-state index contributed by atoms with van der Waals surface area (Å²) in [5.74, 6) is 0.875. The molecule has 1 aliphatic rings. The van der Waals surface area contributed by atoms with Gasteiger partial charge in [0.2, 0.25) is 0 Å². The van der Waals surface area contributed by atoms with E-state index in [4.69, 9.17) is 0 Å². The summed E-state index contributed by atoms with van der Waals surface area (Å²) in [7, 11) is 4.92. The second-order valence-corrected chi connectivity index (χ2v) is 9.31. The molecule has 0 spiro atoms. The van der Waals surface area contributed by atoms with Crippen molar-refractivity contribution in [2.24, 2.45) is 7.05 Å². The van der Waals surface area contributed by atoms with E-state index >= 15 is 0 Å². The van der Waals surface area contributed by atoms with Crippen LogP contribution in [-0.4, -0.2) is 52.8 Å². The molecule has 0 radical (unpaired) electrons. The van der Waals surface area contributed by atoms with Crippen LogP contribution in [0.15, 0.2) is 59.8 Å². The van der Waals surface area contributed by atoms with Gasteiger partial charge < -0.3 is 20.1 Å². The van der Waals surface area contributed by atoms with Crippen LogP contribution in [0.5, 0.6) is 0 Å². The van der Waals surface area contributed by atoms with E-state index < -0.39 is 17.4 Å². The quantitative estimate of drug-likeness (QED) is 0.382. The van der Waals surface area contributed by atoms with E-state index in [1.54, 1.807) is 44.6 Å². The number of hydrogen-bond acceptors (Lipinski definition) is 6. The number of fused-ring (bicyclic) bond motifs is 1. The van der Waals surface area contributed by atoms with E-state index in [2.05, 4.69) is 26.7 Å². The molecule has 4 aromatic rings. The molecule has 38 heavy (non-hydrogen) atoms. The van der Waals surface area contributed by atoms with Crippen molar-refractivity contribution < 1.29 is 13.2 Å². The third-order valence-corrected chi connectivity index (χ3v) is 6.71. The number of alkyl halides is 3. The van der Waals surface area contributed by atoms with Crippen LogP contribution in [-0.2, 0) is 19.6 Å². The van der Waals surface area contributed by atoms with Crippen LogP contribution in [0.1, 0.15) is 11.1 Å². The minimum Gasteiger partial charge on any atom is -0.373 e. The van der Waals surface area contributed by atoms with Crippen molar-refractivity contribution in [2.45, 2.75) is 12.6 Å². The minimum atomic E-state index is -4.61. The highest BCUT2D eigenvalue weighted by atomic mass is 19.4. The highest BCUT2D eigenvalue weighted by Crippen LogP contribution is 2.38. The number of anilines is 2. The standard InChI is InChI=1S/C27H28F3N7O/c1-31-10-11-35(2)23-5-4-20(14-21(23)27(28,29)30)37-24(16-36(3)26(37)38)22-13-17(6-8-32-22)19-12-18-7-9-33-25(18)34-15-19/h4-6,8,12-16,31H,7,9-11H2,1-3H3,(H,33,34). The van der Waals surface area contributed by atoms with Gasteiger partial charge in [0.15, 0.2) is 0 Å². The van der Waals surface area contributed by atoms with Gasteiger partial charge in [0.25, 0.3) is 0 Å². The fourth-order valence-corrected chi connectivity index (χ4v) is 4.69. The van der Waals surface area contributed by atoms with Crippen molar-refractivity contribution in [3.63, 3.8) is 0 Å². The summed E-state index contributed by atoms with van der Waals surface area (Å²) in [6.45, 7) is 1.75. The van der Waals surface area contributed by atoms with Crippen molar-refractivity contribution in [1.29, 1.82) is 0 Å². The third-order valence-electron chi connectivity index (χ3n) is 6.71. The molecule has 3 aromatic heterocycles. The van der Waals surface area contributed by atoms with E-state index in [1.807, 2.05) is 12.1 Å². The Labute approximate surface area is 217 Å². The fraction of sp³-hybridized carbons (Fsp3) is 0.296. The Morgan fingerprint density at radius 1 is 1.13 bits per heavy atom. The van der Waals surface area contributed by atoms with Gasteiger partial charge in [-0.3, -0.25) is 9.55 Å². The number of imidazole rings is 1. The highest BCUT2D eigenvalue weighted by molar-refractivity contribution is 5.71. The molecule has 4 heterocycles. The van der Waals surface area contributed by atoms with Gasteiger partial charge in [-0.05, 0) is 61.0 Å². The number of likely N-dealkylation sites (N-methyl/N-ethyl adjacent to an activating group) is 2. The second-order valence-electron chi connectivity index (χ2n) is 9.31. The molecule has 0 amide bonds. The van der Waals surface area contributed by atoms with Gasteiger partial charge in [-0.2, -0.15) is 13.2 Å². The summed E-state index contributed by atoms with van der Waals surface area (Å²) in [4.78, 5) is 23.6. The zero-order valence-electron chi connectivity index (χ0n) is 21.3. The van der Waals surface area contributed by atoms with Crippen molar-refractivity contribution in [1.82, 2.24) is 24.4 Å². The van der Waals surface area contributed by atoms with E-state index in [9.17, 15) is 18.0 Å². The first kappa shape index (κ1) is 25.5. The largest absolute Gasteiger partial charge is 0.418 e. The molecule has 1 aromatic carbocycles. The summed E-state index contributed by atoms with van der Waals surface area (Å²) >= 11 is 0. The SMILES string of the molecule is CNCCN(C)c1ccc(-n2c(-c3cc(-c4cnc5c(c4)CCN5)ccn3)cn(C)c2=O)cc1C(F)(F)F. The summed E-state index contributed by atoms with van der Waals surface area (Å²) in [5, 5.41) is 6.18. The molecule has 11 heteroatoms. The predicted molar refractivity (Wildman–Crippen MR) is 142 cm³/mol. The summed E-state index contributed by atoms with van der Waals surface area (Å²) < 4.78 is 45.0. The molecule has 0 aliphatic carbocycles. The molecule has 2 N–H and O–H groups in total. The maximum absolute atomic E-state index is 14.1. The van der Waals surface area contributed by atoms with E-state index in [1.165, 1.54) is 21.3 Å². The number of hydrogen-bond donors (Lipinski definition) is 2. The van der Waals surface area contributed by atoms with E-state index in [-0.39, 0.29) is 11.4 Å². The van der Waals surface area contributed by atoms with Crippen LogP contribution in [0.4, 0.5) is 24.7 Å². The molecule has 0 atom stereocenters. The third kappa shape index (κ3) is 4.76. The van der Waals surface area contributed by atoms with Gasteiger partial charge in [0.1, 0.15) is 5.82 Å². The molecule has 1 aliphatic heterocycles. The van der Waals surface area contributed by atoms with Crippen molar-refractivity contribution in [3.8, 4) is 28.2 Å². The molecule has 0 fully saturated rings. The van der Waals surface area contributed by atoms with Gasteiger partial charge in [0.05, 0.1) is 22.6 Å². The molecule has 5 rings (SSSR count). The van der Waals surface area contributed by atoms with Crippen LogP contribution in [0.2, 0.25) is 0 Å². The minimum absolute atomic E-state index is 0.0424. The number of aryl methyl sites for hydroxylation is 1. The van der Waals surface area contributed by atoms with Crippen molar-refractivity contribution >= 4 is 11.5 Å². The first-order valence-electron chi connectivity index (χ1n) is 12.2. The maximum Gasteiger partial charge on any atom is 0.418 e. The van der Waals surface area contributed by atoms with Crippen molar-refractivity contribution in [2.75, 3.05) is 43.9 Å². The summed E-state index contributed by atoms with van der Waals surface area (Å²) in [6.07, 6.45) is 1.26. The summed E-state index contributed by atoms with van der Waals surface area (Å²) in [6, 6.07) is 9.70. The Bertz CT molecular complexity index is 1540. The number of benzene rings is 1. The predicted octanol–water partition coefficient (Wildman–Crippen LogP) is 3.94. The number of aromatic nitrogens is 4. The Morgan fingerprint density at radius 3 is 2.71 bits per heavy atom. The average molecular weight is 524 g/mol. The van der Waals surface area contributed by atoms with Crippen LogP contribution < -0.4 is 21.2 Å². The first-order chi connectivity index (χ1) is 18.2. The second kappa shape index (κ2) is 9.97. The lowest BCUT2D eigenvalue weighted by molar-refractivity contribution is -0.137. The topological polar surface area (TPSA) is 80.0 Å². The first-order valence-corrected chi connectivity index (χ1v) is 12.2. The Kier molecular flexibility index (Phi) is 6.70. The van der Waals surface area contributed by atoms with Crippen molar-refractivity contribution in [3.05, 3.63) is 76.6 Å². The molecule has 0 saturated carbocycles. The number of pyridine rings is 2. The van der Waals surface area contributed by atoms with Crippen LogP contribution in [0, 0.1) is 0 Å². The zero-order valence-corrected chi connectivity index (χ0v) is 21.3. The van der Waals surface area contributed by atoms with Gasteiger partial charge in [0, 0.05) is 63.6 Å². The lowest BCUT2D eigenvalue weighted by Crippen LogP contribution is -2.29. The van der Waals surface area contributed by atoms with Crippen LogP contribution in [0.3, 0.4) is 0 Å². The van der Waals surface area contributed by atoms with Gasteiger partial charge >= 0.3 is 11.9 Å². The number of halogens is 3. The molecular formula is C27H28F3N7O. The van der Waals surface area contributed by atoms with E-state index in [0.717, 1.165) is 41.5 Å². The monoisotopic (exact) mass is 523 g/mol. The molecule has 0 bridgehead atoms. The normalized spacial score (nSPS) is 12.9. The average Bonchev–Trinajstić information content (AvgIpc) is 3.50. The van der Waals surface area contributed by atoms with Gasteiger partial charge in [-0.15, -0.1) is 0 Å². The molecule has 0 unspecified atom stereocenters. The number of nitrogens with zero attached hydrogens (tertiary/aromatic N) is 5. The molecule has 0 saturated heterocycles. The van der Waals surface area contributed by atoms with Crippen LogP contribution in [0.25, 0.3) is 28.2 Å². The fourth-order valence-electron chi connectivity index (χ4n) is 4.69. The number of nitrogens with one attached hydrogen (secondary N) is 2. The van der Waals surface area contributed by atoms with Crippen LogP contribution >= 0.6 is 0 Å². The highest BCUT2D eigenvalue weighted by Gasteiger charge is 2.35. The lowest BCUT2D eigenvalue weighted by Gasteiger charge is -2.24. The lowest BCUT2D eigenvalue weighted by atomic mass is 10.0. The summed E-state index contributed by atoms with van der Waals surface area (Å²) in [5.41, 5.74) is 2.59. The number of rotatable bonds is 7. The van der Waals surface area contributed by atoms with Gasteiger partial charge in [-0.1, -0.05) is 0 Å². The maximum atomic E-state index is 14.1. The zero-order chi connectivity index (χ0) is 27.0.